The van der Waals surface area contributed by atoms with E-state index in [-0.39, 0.29) is 23.1 Å². The number of hydrogen-bond donors (Lipinski definition) is 0. The molecule has 5 heteroatoms. The maximum Gasteiger partial charge on any atom is 0.330 e. The van der Waals surface area contributed by atoms with E-state index in [0.717, 1.165) is 12.8 Å². The van der Waals surface area contributed by atoms with Crippen LogP contribution in [0.5, 0.6) is 0 Å². The SMILES string of the molecule is CCOC(=O)/C=C/C1OC1(C)CCC1C(C)(C)C1(Cl)Cl. The van der Waals surface area contributed by atoms with E-state index >= 15 is 0 Å². The average Bonchev–Trinajstić information content (AvgIpc) is 3.08. The molecule has 3 unspecified atom stereocenters. The minimum Gasteiger partial charge on any atom is -0.463 e. The van der Waals surface area contributed by atoms with Gasteiger partial charge in [0, 0.05) is 17.4 Å². The first-order valence-electron chi connectivity index (χ1n) is 7.05. The Morgan fingerprint density at radius 3 is 2.45 bits per heavy atom. The zero-order valence-electron chi connectivity index (χ0n) is 12.4. The van der Waals surface area contributed by atoms with Crippen molar-refractivity contribution < 1.29 is 14.3 Å². The van der Waals surface area contributed by atoms with Crippen molar-refractivity contribution in [1.29, 1.82) is 0 Å². The molecule has 0 aromatic carbocycles. The fraction of sp³-hybridized carbons (Fsp3) is 0.800. The van der Waals surface area contributed by atoms with E-state index < -0.39 is 4.33 Å². The third-order valence-corrected chi connectivity index (χ3v) is 6.15. The summed E-state index contributed by atoms with van der Waals surface area (Å²) in [4.78, 5) is 11.2. The van der Waals surface area contributed by atoms with Crippen LogP contribution in [0, 0.1) is 11.3 Å². The van der Waals surface area contributed by atoms with Crippen LogP contribution in [0.15, 0.2) is 12.2 Å². The molecule has 0 aromatic rings. The molecule has 0 N–H and O–H groups in total. The normalized spacial score (nSPS) is 36.9. The molecular formula is C15H22Cl2O3. The zero-order valence-corrected chi connectivity index (χ0v) is 13.9. The molecule has 0 radical (unpaired) electrons. The van der Waals surface area contributed by atoms with E-state index in [0.29, 0.717) is 12.5 Å². The Morgan fingerprint density at radius 1 is 1.35 bits per heavy atom. The molecule has 1 aliphatic carbocycles. The molecular weight excluding hydrogens is 299 g/mol. The lowest BCUT2D eigenvalue weighted by molar-refractivity contribution is -0.137. The highest BCUT2D eigenvalue weighted by Gasteiger charge is 2.70. The first-order chi connectivity index (χ1) is 9.15. The molecule has 2 aliphatic rings. The molecule has 2 fully saturated rings. The number of alkyl halides is 2. The van der Waals surface area contributed by atoms with Crippen LogP contribution < -0.4 is 0 Å². The third-order valence-electron chi connectivity index (χ3n) is 4.65. The Bertz CT molecular complexity index is 417. The summed E-state index contributed by atoms with van der Waals surface area (Å²) in [7, 11) is 0. The summed E-state index contributed by atoms with van der Waals surface area (Å²) < 4.78 is 9.89. The molecule has 3 nitrogen and oxygen atoms in total. The minimum absolute atomic E-state index is 0.0196. The number of epoxide rings is 1. The van der Waals surface area contributed by atoms with Crippen molar-refractivity contribution in [2.24, 2.45) is 11.3 Å². The van der Waals surface area contributed by atoms with E-state index in [1.807, 2.05) is 6.92 Å². The van der Waals surface area contributed by atoms with Crippen molar-refractivity contribution in [3.05, 3.63) is 12.2 Å². The van der Waals surface area contributed by atoms with Crippen LogP contribution in [0.3, 0.4) is 0 Å². The van der Waals surface area contributed by atoms with Crippen molar-refractivity contribution in [2.45, 2.75) is 56.6 Å². The fourth-order valence-electron chi connectivity index (χ4n) is 2.79. The molecule has 1 aliphatic heterocycles. The second-order valence-corrected chi connectivity index (χ2v) is 7.78. The Balaban J connectivity index is 1.77. The summed E-state index contributed by atoms with van der Waals surface area (Å²) in [6.07, 6.45) is 5.01. The van der Waals surface area contributed by atoms with Gasteiger partial charge in [-0.05, 0) is 32.8 Å². The molecule has 20 heavy (non-hydrogen) atoms. The number of ether oxygens (including phenoxy) is 2. The summed E-state index contributed by atoms with van der Waals surface area (Å²) >= 11 is 12.5. The van der Waals surface area contributed by atoms with Crippen molar-refractivity contribution in [3.8, 4) is 0 Å². The van der Waals surface area contributed by atoms with E-state index in [2.05, 4.69) is 13.8 Å². The van der Waals surface area contributed by atoms with Gasteiger partial charge in [-0.3, -0.25) is 0 Å². The predicted octanol–water partition coefficient (Wildman–Crippen LogP) is 3.87. The van der Waals surface area contributed by atoms with Gasteiger partial charge in [-0.2, -0.15) is 0 Å². The van der Waals surface area contributed by atoms with Gasteiger partial charge in [0.25, 0.3) is 0 Å². The third kappa shape index (κ3) is 2.86. The van der Waals surface area contributed by atoms with Gasteiger partial charge in [-0.15, -0.1) is 23.2 Å². The zero-order chi connectivity index (χ0) is 15.2. The van der Waals surface area contributed by atoms with Crippen LogP contribution in [0.1, 0.15) is 40.5 Å². The Labute approximate surface area is 130 Å². The first-order valence-corrected chi connectivity index (χ1v) is 7.81. The van der Waals surface area contributed by atoms with Gasteiger partial charge in [0.15, 0.2) is 0 Å². The maximum atomic E-state index is 11.2. The molecule has 2 rings (SSSR count). The molecule has 1 saturated heterocycles. The highest BCUT2D eigenvalue weighted by atomic mass is 35.5. The summed E-state index contributed by atoms with van der Waals surface area (Å²) in [6.45, 7) is 8.40. The average molecular weight is 321 g/mol. The van der Waals surface area contributed by atoms with Crippen LogP contribution >= 0.6 is 23.2 Å². The van der Waals surface area contributed by atoms with E-state index in [1.54, 1.807) is 13.0 Å². The van der Waals surface area contributed by atoms with Crippen LogP contribution in [0.25, 0.3) is 0 Å². The summed E-state index contributed by atoms with van der Waals surface area (Å²) in [5, 5.41) is 0. The smallest absolute Gasteiger partial charge is 0.330 e. The van der Waals surface area contributed by atoms with Crippen molar-refractivity contribution >= 4 is 29.2 Å². The van der Waals surface area contributed by atoms with Gasteiger partial charge in [0.1, 0.15) is 10.4 Å². The lowest BCUT2D eigenvalue weighted by Gasteiger charge is -2.05. The standard InChI is InChI=1S/C15H22Cl2O3/c1-5-19-12(18)7-6-11-14(4,20-11)9-8-10-13(2,3)15(10,16)17/h6-7,10-11H,5,8-9H2,1-4H3/b7-6+. The quantitative estimate of drug-likeness (QED) is 0.323. The van der Waals surface area contributed by atoms with Gasteiger partial charge in [-0.1, -0.05) is 13.8 Å². The molecule has 114 valence electrons. The second-order valence-electron chi connectivity index (χ2n) is 6.40. The number of rotatable bonds is 6. The minimum atomic E-state index is -0.617. The largest absolute Gasteiger partial charge is 0.463 e. The van der Waals surface area contributed by atoms with Crippen LogP contribution in [0.4, 0.5) is 0 Å². The topological polar surface area (TPSA) is 38.8 Å². The number of esters is 1. The fourth-order valence-corrected chi connectivity index (χ4v) is 3.70. The predicted molar refractivity (Wildman–Crippen MR) is 80.0 cm³/mol. The van der Waals surface area contributed by atoms with Crippen molar-refractivity contribution in [1.82, 2.24) is 0 Å². The number of carbonyl (C=O) groups excluding carboxylic acids is 1. The van der Waals surface area contributed by atoms with E-state index in [1.165, 1.54) is 6.08 Å². The highest BCUT2D eigenvalue weighted by Crippen LogP contribution is 2.70. The van der Waals surface area contributed by atoms with Gasteiger partial charge in [0.05, 0.1) is 12.2 Å². The monoisotopic (exact) mass is 320 g/mol. The molecule has 3 atom stereocenters. The molecule has 0 aromatic heterocycles. The van der Waals surface area contributed by atoms with E-state index in [9.17, 15) is 4.79 Å². The Hall–Kier alpha value is -0.250. The summed E-state index contributed by atoms with van der Waals surface area (Å²) in [5.74, 6) is -0.0248. The molecule has 0 spiro atoms. The second kappa shape index (κ2) is 5.19. The molecule has 1 heterocycles. The van der Waals surface area contributed by atoms with Gasteiger partial charge >= 0.3 is 5.97 Å². The lowest BCUT2D eigenvalue weighted by Crippen LogP contribution is -2.10. The summed E-state index contributed by atoms with van der Waals surface area (Å²) in [5.41, 5.74) is -0.233. The molecule has 0 bridgehead atoms. The molecule has 1 saturated carbocycles. The number of carbonyl (C=O) groups is 1. The van der Waals surface area contributed by atoms with Gasteiger partial charge in [-0.25, -0.2) is 4.79 Å². The van der Waals surface area contributed by atoms with Crippen LogP contribution in [-0.2, 0) is 14.3 Å². The Morgan fingerprint density at radius 2 is 1.95 bits per heavy atom. The first kappa shape index (κ1) is 16.1. The lowest BCUT2D eigenvalue weighted by atomic mass is 9.97. The van der Waals surface area contributed by atoms with Crippen molar-refractivity contribution in [2.75, 3.05) is 6.61 Å². The highest BCUT2D eigenvalue weighted by molar-refractivity contribution is 6.51. The van der Waals surface area contributed by atoms with Gasteiger partial charge < -0.3 is 9.47 Å². The Kier molecular flexibility index (Phi) is 4.18. The number of hydrogen-bond acceptors (Lipinski definition) is 3. The summed E-state index contributed by atoms with van der Waals surface area (Å²) in [6, 6.07) is 0. The molecule has 0 amide bonds. The van der Waals surface area contributed by atoms with Gasteiger partial charge in [0.2, 0.25) is 0 Å². The van der Waals surface area contributed by atoms with E-state index in [4.69, 9.17) is 32.7 Å². The number of halogens is 2. The van der Waals surface area contributed by atoms with Crippen molar-refractivity contribution in [3.63, 3.8) is 0 Å². The van der Waals surface area contributed by atoms with Crippen LogP contribution in [-0.4, -0.2) is 28.6 Å². The maximum absolute atomic E-state index is 11.2. The van der Waals surface area contributed by atoms with Crippen LogP contribution in [0.2, 0.25) is 0 Å².